The van der Waals surface area contributed by atoms with E-state index in [2.05, 4.69) is 0 Å². The van der Waals surface area contributed by atoms with Gasteiger partial charge in [-0.1, -0.05) is 42.5 Å². The Morgan fingerprint density at radius 3 is 2.26 bits per heavy atom. The number of carbonyl (C=O) groups is 4. The number of imide groups is 1. The second-order valence-electron chi connectivity index (χ2n) is 9.52. The van der Waals surface area contributed by atoms with Gasteiger partial charge in [-0.05, 0) is 26.0 Å². The van der Waals surface area contributed by atoms with Gasteiger partial charge in [-0.2, -0.15) is 0 Å². The Labute approximate surface area is 224 Å². The van der Waals surface area contributed by atoms with E-state index in [4.69, 9.17) is 28.4 Å². The first-order valence-electron chi connectivity index (χ1n) is 12.6. The smallest absolute Gasteiger partial charge is 0.334 e. The Hall–Kier alpha value is -3.48. The standard InChI is InChI=1S/C28H29NO10/c1-15(30)13-35-28-21(29-24(31)18-11-7-8-12-19(18)25(29)32)23(37-16(2)26(33)34-3)22-20(38-28)14-36-27(39-22)17-9-5-4-6-10-17/h4-12,16,20-23,27-28H,13-14H2,1-3H3. The molecule has 3 heterocycles. The average molecular weight is 540 g/mol. The van der Waals surface area contributed by atoms with E-state index < -0.39 is 60.8 Å². The molecule has 206 valence electrons. The summed E-state index contributed by atoms with van der Waals surface area (Å²) in [6, 6.07) is 14.4. The van der Waals surface area contributed by atoms with Gasteiger partial charge in [0.05, 0.1) is 24.8 Å². The summed E-state index contributed by atoms with van der Waals surface area (Å²) in [4.78, 5) is 52.4. The first-order valence-corrected chi connectivity index (χ1v) is 12.6. The predicted octanol–water partition coefficient (Wildman–Crippen LogP) is 2.04. The highest BCUT2D eigenvalue weighted by molar-refractivity contribution is 6.21. The van der Waals surface area contributed by atoms with Crippen LogP contribution in [0.4, 0.5) is 0 Å². The first kappa shape index (κ1) is 27.1. The minimum atomic E-state index is -1.27. The maximum atomic E-state index is 13.6. The number of hydrogen-bond acceptors (Lipinski definition) is 10. The molecule has 2 saturated heterocycles. The molecule has 3 aliphatic heterocycles. The summed E-state index contributed by atoms with van der Waals surface area (Å²) in [6.45, 7) is 2.56. The molecular formula is C28H29NO10. The highest BCUT2D eigenvalue weighted by atomic mass is 16.8. The number of methoxy groups -OCH3 is 1. The molecule has 5 rings (SSSR count). The average Bonchev–Trinajstić information content (AvgIpc) is 3.20. The number of hydrogen-bond donors (Lipinski definition) is 0. The zero-order valence-electron chi connectivity index (χ0n) is 21.7. The molecule has 0 N–H and O–H groups in total. The lowest BCUT2D eigenvalue weighted by Crippen LogP contribution is -2.69. The number of esters is 1. The Balaban J connectivity index is 1.55. The topological polar surface area (TPSA) is 127 Å². The van der Waals surface area contributed by atoms with Gasteiger partial charge in [0.25, 0.3) is 11.8 Å². The van der Waals surface area contributed by atoms with E-state index >= 15 is 0 Å². The molecule has 2 amide bonds. The number of amides is 2. The number of carbonyl (C=O) groups excluding carboxylic acids is 4. The molecule has 0 saturated carbocycles. The summed E-state index contributed by atoms with van der Waals surface area (Å²) in [5.74, 6) is -2.11. The Morgan fingerprint density at radius 1 is 1.00 bits per heavy atom. The second-order valence-corrected chi connectivity index (χ2v) is 9.52. The third kappa shape index (κ3) is 5.23. The van der Waals surface area contributed by atoms with Crippen molar-refractivity contribution in [1.29, 1.82) is 0 Å². The largest absolute Gasteiger partial charge is 0.467 e. The molecule has 7 unspecified atom stereocenters. The molecule has 0 spiro atoms. The van der Waals surface area contributed by atoms with Crippen molar-refractivity contribution in [3.8, 4) is 0 Å². The molecule has 0 bridgehead atoms. The van der Waals surface area contributed by atoms with Gasteiger partial charge in [0.15, 0.2) is 24.5 Å². The molecule has 0 aromatic heterocycles. The minimum Gasteiger partial charge on any atom is -0.467 e. The fourth-order valence-corrected chi connectivity index (χ4v) is 5.04. The monoisotopic (exact) mass is 539 g/mol. The van der Waals surface area contributed by atoms with Crippen LogP contribution in [0.2, 0.25) is 0 Å². The van der Waals surface area contributed by atoms with E-state index in [0.717, 1.165) is 10.5 Å². The van der Waals surface area contributed by atoms with Crippen molar-refractivity contribution in [2.24, 2.45) is 0 Å². The highest BCUT2D eigenvalue weighted by Gasteiger charge is 2.57. The summed E-state index contributed by atoms with van der Waals surface area (Å²) in [5.41, 5.74) is 1.16. The number of ketones is 1. The fourth-order valence-electron chi connectivity index (χ4n) is 5.04. The summed E-state index contributed by atoms with van der Waals surface area (Å²) in [5, 5.41) is 0. The van der Waals surface area contributed by atoms with E-state index in [0.29, 0.717) is 0 Å². The van der Waals surface area contributed by atoms with Gasteiger partial charge in [-0.3, -0.25) is 19.3 Å². The van der Waals surface area contributed by atoms with Crippen LogP contribution in [0.25, 0.3) is 0 Å². The summed E-state index contributed by atoms with van der Waals surface area (Å²) < 4.78 is 35.3. The normalized spacial score (nSPS) is 28.9. The van der Waals surface area contributed by atoms with Crippen molar-refractivity contribution in [1.82, 2.24) is 4.90 Å². The van der Waals surface area contributed by atoms with Crippen molar-refractivity contribution >= 4 is 23.6 Å². The molecule has 11 nitrogen and oxygen atoms in total. The SMILES string of the molecule is COC(=O)C(C)OC1C2OC(c3ccccc3)OCC2OC(OCC(C)=O)C1N1C(=O)c2ccccc2C1=O. The minimum absolute atomic E-state index is 0.0610. The van der Waals surface area contributed by atoms with Crippen molar-refractivity contribution in [2.75, 3.05) is 20.3 Å². The van der Waals surface area contributed by atoms with Crippen LogP contribution in [0.5, 0.6) is 0 Å². The number of fused-ring (bicyclic) bond motifs is 2. The van der Waals surface area contributed by atoms with E-state index in [1.807, 2.05) is 30.3 Å². The molecule has 3 aliphatic rings. The van der Waals surface area contributed by atoms with Crippen LogP contribution in [-0.2, 0) is 38.0 Å². The van der Waals surface area contributed by atoms with Crippen LogP contribution in [-0.4, -0.2) is 85.5 Å². The molecule has 0 aliphatic carbocycles. The molecule has 39 heavy (non-hydrogen) atoms. The van der Waals surface area contributed by atoms with Crippen LogP contribution in [0, 0.1) is 0 Å². The van der Waals surface area contributed by atoms with E-state index in [9.17, 15) is 19.2 Å². The molecule has 2 fully saturated rings. The van der Waals surface area contributed by atoms with E-state index in [1.165, 1.54) is 21.0 Å². The third-order valence-electron chi connectivity index (χ3n) is 6.85. The van der Waals surface area contributed by atoms with Gasteiger partial charge in [0, 0.05) is 5.56 Å². The van der Waals surface area contributed by atoms with Crippen LogP contribution in [0.1, 0.15) is 46.4 Å². The van der Waals surface area contributed by atoms with Gasteiger partial charge in [0.2, 0.25) is 0 Å². The van der Waals surface area contributed by atoms with Gasteiger partial charge in [-0.15, -0.1) is 0 Å². The van der Waals surface area contributed by atoms with Crippen molar-refractivity contribution in [3.63, 3.8) is 0 Å². The number of Topliss-reactive ketones (excluding diaryl/α,β-unsaturated/α-hetero) is 1. The summed E-state index contributed by atoms with van der Waals surface area (Å²) in [6.07, 6.45) is -5.91. The molecule has 2 aromatic carbocycles. The number of rotatable bonds is 8. The Kier molecular flexibility index (Phi) is 7.87. The van der Waals surface area contributed by atoms with Crippen LogP contribution in [0.15, 0.2) is 54.6 Å². The lowest BCUT2D eigenvalue weighted by atomic mass is 9.93. The summed E-state index contributed by atoms with van der Waals surface area (Å²) in [7, 11) is 1.23. The molecule has 0 radical (unpaired) electrons. The number of nitrogens with zero attached hydrogens (tertiary/aromatic N) is 1. The maximum Gasteiger partial charge on any atom is 0.334 e. The molecular weight excluding hydrogens is 510 g/mol. The molecule has 11 heteroatoms. The zero-order valence-corrected chi connectivity index (χ0v) is 21.7. The van der Waals surface area contributed by atoms with Gasteiger partial charge < -0.3 is 28.4 Å². The molecule has 2 aromatic rings. The van der Waals surface area contributed by atoms with Gasteiger partial charge >= 0.3 is 5.97 Å². The fraction of sp³-hybridized carbons (Fsp3) is 0.429. The van der Waals surface area contributed by atoms with Crippen LogP contribution in [0.3, 0.4) is 0 Å². The van der Waals surface area contributed by atoms with Crippen molar-refractivity contribution in [3.05, 3.63) is 71.3 Å². The predicted molar refractivity (Wildman–Crippen MR) is 132 cm³/mol. The zero-order chi connectivity index (χ0) is 27.7. The quantitative estimate of drug-likeness (QED) is 0.363. The first-order chi connectivity index (χ1) is 18.8. The highest BCUT2D eigenvalue weighted by Crippen LogP contribution is 2.40. The van der Waals surface area contributed by atoms with Crippen molar-refractivity contribution in [2.45, 2.75) is 56.9 Å². The van der Waals surface area contributed by atoms with Crippen LogP contribution < -0.4 is 0 Å². The Morgan fingerprint density at radius 2 is 1.64 bits per heavy atom. The lowest BCUT2D eigenvalue weighted by Gasteiger charge is -2.51. The van der Waals surface area contributed by atoms with Crippen LogP contribution >= 0.6 is 0 Å². The second kappa shape index (κ2) is 11.3. The number of benzene rings is 2. The number of ether oxygens (including phenoxy) is 6. The van der Waals surface area contributed by atoms with Crippen molar-refractivity contribution < 1.29 is 47.6 Å². The van der Waals surface area contributed by atoms with E-state index in [1.54, 1.807) is 24.3 Å². The summed E-state index contributed by atoms with van der Waals surface area (Å²) >= 11 is 0. The van der Waals surface area contributed by atoms with Gasteiger partial charge in [0.1, 0.15) is 31.0 Å². The molecule has 7 atom stereocenters. The maximum absolute atomic E-state index is 13.6. The Bertz CT molecular complexity index is 1210. The van der Waals surface area contributed by atoms with E-state index in [-0.39, 0.29) is 30.1 Å². The van der Waals surface area contributed by atoms with Gasteiger partial charge in [-0.25, -0.2) is 4.79 Å². The lowest BCUT2D eigenvalue weighted by molar-refractivity contribution is -0.354. The third-order valence-corrected chi connectivity index (χ3v) is 6.85.